The van der Waals surface area contributed by atoms with Crippen molar-refractivity contribution >= 4 is 29.2 Å². The molecular weight excluding hydrogens is 328 g/mol. The highest BCUT2D eigenvalue weighted by atomic mass is 35.5. The third-order valence-corrected chi connectivity index (χ3v) is 4.97. The summed E-state index contributed by atoms with van der Waals surface area (Å²) in [6.45, 7) is 5.85. The lowest BCUT2D eigenvalue weighted by atomic mass is 9.90. The Labute approximate surface area is 147 Å². The van der Waals surface area contributed by atoms with E-state index in [0.717, 1.165) is 5.56 Å². The Balaban J connectivity index is 2.37. The van der Waals surface area contributed by atoms with Gasteiger partial charge in [0, 0.05) is 31.5 Å². The number of rotatable bonds is 5. The van der Waals surface area contributed by atoms with E-state index in [1.807, 2.05) is 12.1 Å². The topological polar surface area (TPSA) is 57.7 Å². The molecule has 0 saturated carbocycles. The van der Waals surface area contributed by atoms with E-state index in [1.165, 1.54) is 13.8 Å². The molecule has 1 aromatic carbocycles. The summed E-state index contributed by atoms with van der Waals surface area (Å²) in [6.07, 6.45) is 0.782. The Morgan fingerprint density at radius 1 is 1.21 bits per heavy atom. The van der Waals surface area contributed by atoms with E-state index in [1.54, 1.807) is 28.9 Å². The van der Waals surface area contributed by atoms with Gasteiger partial charge in [-0.05, 0) is 31.0 Å². The van der Waals surface area contributed by atoms with E-state index in [9.17, 15) is 14.4 Å². The Hall–Kier alpha value is -1.88. The van der Waals surface area contributed by atoms with Crippen LogP contribution >= 0.6 is 11.6 Å². The minimum atomic E-state index is -0.946. The molecule has 2 rings (SSSR count). The van der Waals surface area contributed by atoms with Crippen molar-refractivity contribution in [3.63, 3.8) is 0 Å². The molecule has 1 aromatic rings. The fourth-order valence-electron chi connectivity index (χ4n) is 3.20. The second kappa shape index (κ2) is 7.34. The van der Waals surface area contributed by atoms with Crippen molar-refractivity contribution in [1.29, 1.82) is 0 Å². The van der Waals surface area contributed by atoms with Crippen molar-refractivity contribution in [1.82, 2.24) is 9.80 Å². The van der Waals surface area contributed by atoms with Gasteiger partial charge in [0.15, 0.2) is 5.78 Å². The van der Waals surface area contributed by atoms with Gasteiger partial charge in [-0.3, -0.25) is 14.4 Å². The van der Waals surface area contributed by atoms with Gasteiger partial charge in [-0.1, -0.05) is 30.7 Å². The van der Waals surface area contributed by atoms with Crippen molar-refractivity contribution < 1.29 is 14.4 Å². The lowest BCUT2D eigenvalue weighted by Gasteiger charge is -2.39. The van der Waals surface area contributed by atoms with E-state index < -0.39 is 5.54 Å². The molecule has 1 aliphatic heterocycles. The van der Waals surface area contributed by atoms with Crippen LogP contribution in [0, 0.1) is 0 Å². The van der Waals surface area contributed by atoms with Crippen molar-refractivity contribution in [3.8, 4) is 0 Å². The third-order valence-electron chi connectivity index (χ3n) is 4.72. The number of carbonyl (C=O) groups is 3. The fraction of sp³-hybridized carbons (Fsp3) is 0.500. The second-order valence-corrected chi connectivity index (χ2v) is 6.67. The van der Waals surface area contributed by atoms with Gasteiger partial charge in [0.25, 0.3) is 0 Å². The van der Waals surface area contributed by atoms with Crippen LogP contribution in [0.1, 0.15) is 39.2 Å². The molecule has 0 radical (unpaired) electrons. The highest BCUT2D eigenvalue weighted by Crippen LogP contribution is 2.32. The van der Waals surface area contributed by atoms with Crippen LogP contribution in [-0.4, -0.2) is 46.0 Å². The largest absolute Gasteiger partial charge is 0.340 e. The van der Waals surface area contributed by atoms with Gasteiger partial charge < -0.3 is 9.80 Å². The quantitative estimate of drug-likeness (QED) is 0.820. The molecule has 1 aliphatic rings. The number of hydrogen-bond donors (Lipinski definition) is 0. The number of benzene rings is 1. The van der Waals surface area contributed by atoms with Gasteiger partial charge >= 0.3 is 0 Å². The van der Waals surface area contributed by atoms with Gasteiger partial charge in [0.1, 0.15) is 5.54 Å². The zero-order valence-electron chi connectivity index (χ0n) is 14.3. The number of halogens is 1. The number of nitrogens with zero attached hydrogens (tertiary/aromatic N) is 2. The monoisotopic (exact) mass is 350 g/mol. The summed E-state index contributed by atoms with van der Waals surface area (Å²) in [6, 6.07) is 7.23. The Morgan fingerprint density at radius 2 is 1.83 bits per heavy atom. The predicted molar refractivity (Wildman–Crippen MR) is 92.6 cm³/mol. The average molecular weight is 351 g/mol. The first kappa shape index (κ1) is 18.5. The molecule has 1 saturated heterocycles. The number of Topliss-reactive ketones (excluding diaryl/α,β-unsaturated/α-hetero) is 1. The number of likely N-dealkylation sites (tertiary alicyclic amines) is 1. The Kier molecular flexibility index (Phi) is 5.65. The molecule has 0 aliphatic carbocycles. The highest BCUT2D eigenvalue weighted by Gasteiger charge is 2.49. The van der Waals surface area contributed by atoms with Gasteiger partial charge in [-0.15, -0.1) is 0 Å². The third kappa shape index (κ3) is 3.61. The maximum Gasteiger partial charge on any atom is 0.223 e. The second-order valence-electron chi connectivity index (χ2n) is 6.24. The number of amides is 2. The van der Waals surface area contributed by atoms with Gasteiger partial charge in [-0.25, -0.2) is 0 Å². The van der Waals surface area contributed by atoms with Crippen LogP contribution in [0.25, 0.3) is 0 Å². The summed E-state index contributed by atoms with van der Waals surface area (Å²) in [4.78, 5) is 40.1. The van der Waals surface area contributed by atoms with Crippen LogP contribution in [0.2, 0.25) is 5.02 Å². The van der Waals surface area contributed by atoms with Crippen molar-refractivity contribution in [3.05, 3.63) is 34.9 Å². The first-order valence-corrected chi connectivity index (χ1v) is 8.49. The minimum Gasteiger partial charge on any atom is -0.340 e. The van der Waals surface area contributed by atoms with Crippen LogP contribution in [-0.2, 0) is 20.9 Å². The lowest BCUT2D eigenvalue weighted by Crippen LogP contribution is -2.57. The van der Waals surface area contributed by atoms with E-state index >= 15 is 0 Å². The summed E-state index contributed by atoms with van der Waals surface area (Å²) in [5.41, 5.74) is -0.0404. The van der Waals surface area contributed by atoms with Crippen LogP contribution in [0.15, 0.2) is 24.3 Å². The zero-order chi connectivity index (χ0) is 17.9. The molecule has 0 bridgehead atoms. The highest BCUT2D eigenvalue weighted by molar-refractivity contribution is 6.30. The van der Waals surface area contributed by atoms with Gasteiger partial charge in [-0.2, -0.15) is 0 Å². The number of hydrogen-bond acceptors (Lipinski definition) is 3. The molecule has 2 amide bonds. The van der Waals surface area contributed by atoms with Crippen molar-refractivity contribution in [2.45, 2.75) is 45.7 Å². The molecule has 1 atom stereocenters. The number of carbonyl (C=O) groups excluding carboxylic acids is 3. The van der Waals surface area contributed by atoms with Crippen molar-refractivity contribution in [2.75, 3.05) is 13.1 Å². The number of ketones is 1. The van der Waals surface area contributed by atoms with E-state index in [4.69, 9.17) is 11.6 Å². The van der Waals surface area contributed by atoms with E-state index in [2.05, 4.69) is 0 Å². The van der Waals surface area contributed by atoms with Crippen LogP contribution in [0.3, 0.4) is 0 Å². The summed E-state index contributed by atoms with van der Waals surface area (Å²) in [5.74, 6) is -0.249. The molecular formula is C18H23ClN2O3. The van der Waals surface area contributed by atoms with Gasteiger partial charge in [0.2, 0.25) is 11.8 Å². The molecule has 1 fully saturated rings. The van der Waals surface area contributed by atoms with Crippen LogP contribution in [0.4, 0.5) is 0 Å². The SMILES string of the molecule is CCC(=O)N(Cc1ccc(Cl)cc1)[C@]1(C(C)=O)CCN(C(C)=O)C1. The maximum absolute atomic E-state index is 12.6. The Morgan fingerprint density at radius 3 is 2.29 bits per heavy atom. The molecule has 0 unspecified atom stereocenters. The lowest BCUT2D eigenvalue weighted by molar-refractivity contribution is -0.146. The zero-order valence-corrected chi connectivity index (χ0v) is 15.1. The molecule has 130 valence electrons. The van der Waals surface area contributed by atoms with Crippen LogP contribution < -0.4 is 0 Å². The molecule has 0 N–H and O–H groups in total. The fourth-order valence-corrected chi connectivity index (χ4v) is 3.33. The van der Waals surface area contributed by atoms with E-state index in [-0.39, 0.29) is 24.1 Å². The summed E-state index contributed by atoms with van der Waals surface area (Å²) < 4.78 is 0. The minimum absolute atomic E-state index is 0.0754. The Bertz CT molecular complexity index is 644. The maximum atomic E-state index is 12.6. The molecule has 0 spiro atoms. The average Bonchev–Trinajstić information content (AvgIpc) is 3.00. The van der Waals surface area contributed by atoms with Crippen LogP contribution in [0.5, 0.6) is 0 Å². The first-order valence-electron chi connectivity index (χ1n) is 8.11. The van der Waals surface area contributed by atoms with E-state index in [0.29, 0.717) is 31.0 Å². The predicted octanol–water partition coefficient (Wildman–Crippen LogP) is 2.66. The summed E-state index contributed by atoms with van der Waals surface area (Å²) in [5, 5.41) is 0.622. The first-order chi connectivity index (χ1) is 11.3. The summed E-state index contributed by atoms with van der Waals surface area (Å²) in [7, 11) is 0. The molecule has 24 heavy (non-hydrogen) atoms. The molecule has 6 heteroatoms. The smallest absolute Gasteiger partial charge is 0.223 e. The standard InChI is InChI=1S/C18H23ClN2O3/c1-4-17(24)21(11-15-5-7-16(19)8-6-15)18(13(2)22)9-10-20(12-18)14(3)23/h5-8H,4,9-12H2,1-3H3/t18-/m1/s1. The summed E-state index contributed by atoms with van der Waals surface area (Å²) >= 11 is 5.92. The van der Waals surface area contributed by atoms with Crippen molar-refractivity contribution in [2.24, 2.45) is 0 Å². The molecule has 1 heterocycles. The van der Waals surface area contributed by atoms with Gasteiger partial charge in [0.05, 0.1) is 6.54 Å². The normalized spacial score (nSPS) is 20.1. The molecule has 0 aromatic heterocycles. The molecule has 5 nitrogen and oxygen atoms in total.